The quantitative estimate of drug-likeness (QED) is 0.681. The van der Waals surface area contributed by atoms with E-state index in [0.717, 1.165) is 11.1 Å². The van der Waals surface area contributed by atoms with Gasteiger partial charge in [0.25, 0.3) is 5.91 Å². The molecule has 5 nitrogen and oxygen atoms in total. The molecule has 5 heteroatoms. The fraction of sp³-hybridized carbons (Fsp3) is 0.133. The summed E-state index contributed by atoms with van der Waals surface area (Å²) in [5.74, 6) is 0.0851. The Labute approximate surface area is 115 Å². The first kappa shape index (κ1) is 12.3. The number of carbonyl (C=O) groups excluding carboxylic acids is 1. The van der Waals surface area contributed by atoms with Gasteiger partial charge in [-0.2, -0.15) is 0 Å². The van der Waals surface area contributed by atoms with Crippen LogP contribution >= 0.6 is 0 Å². The van der Waals surface area contributed by atoms with Crippen molar-refractivity contribution in [2.24, 2.45) is 0 Å². The number of phenolic OH excluding ortho intramolecular Hbond substituents is 1. The number of fused-ring (bicyclic) bond motifs is 1. The van der Waals surface area contributed by atoms with Gasteiger partial charge in [-0.3, -0.25) is 4.79 Å². The average molecular weight is 270 g/mol. The lowest BCUT2D eigenvalue weighted by molar-refractivity contribution is 0.0950. The van der Waals surface area contributed by atoms with Gasteiger partial charge < -0.3 is 19.8 Å². The van der Waals surface area contributed by atoms with Crippen molar-refractivity contribution in [3.05, 3.63) is 53.9 Å². The largest absolute Gasteiger partial charge is 0.508 e. The molecular formula is C15H14N2O3. The number of nitrogens with one attached hydrogen (secondary N) is 2. The highest BCUT2D eigenvalue weighted by Gasteiger charge is 2.10. The van der Waals surface area contributed by atoms with Crippen LogP contribution in [0.5, 0.6) is 5.75 Å². The molecular weight excluding hydrogens is 256 g/mol. The molecule has 0 saturated carbocycles. The Hall–Kier alpha value is -2.69. The van der Waals surface area contributed by atoms with Crippen LogP contribution in [0.15, 0.2) is 47.1 Å². The maximum absolute atomic E-state index is 11.9. The molecule has 0 fully saturated rings. The van der Waals surface area contributed by atoms with Crippen LogP contribution < -0.4 is 5.32 Å². The van der Waals surface area contributed by atoms with E-state index in [-0.39, 0.29) is 11.7 Å². The highest BCUT2D eigenvalue weighted by atomic mass is 16.3. The van der Waals surface area contributed by atoms with Crippen LogP contribution in [0.3, 0.4) is 0 Å². The van der Waals surface area contributed by atoms with Crippen LogP contribution in [0.25, 0.3) is 11.1 Å². The van der Waals surface area contributed by atoms with Gasteiger partial charge in [-0.15, -0.1) is 0 Å². The van der Waals surface area contributed by atoms with Gasteiger partial charge in [0.15, 0.2) is 5.58 Å². The van der Waals surface area contributed by atoms with E-state index in [0.29, 0.717) is 24.2 Å². The molecule has 0 bridgehead atoms. The summed E-state index contributed by atoms with van der Waals surface area (Å²) in [7, 11) is 0. The maximum Gasteiger partial charge on any atom is 0.267 e. The summed E-state index contributed by atoms with van der Waals surface area (Å²) >= 11 is 0. The standard InChI is InChI=1S/C15H14N2O3/c18-11-3-1-10(2-4-11)5-7-16-15(19)13-9-14-12(17-13)6-8-20-14/h1-4,6,8-9,17-18H,5,7H2,(H,16,19). The third-order valence-electron chi connectivity index (χ3n) is 3.12. The minimum absolute atomic E-state index is 0.157. The smallest absolute Gasteiger partial charge is 0.267 e. The Kier molecular flexibility index (Phi) is 3.16. The van der Waals surface area contributed by atoms with Crippen molar-refractivity contribution < 1.29 is 14.3 Å². The van der Waals surface area contributed by atoms with Gasteiger partial charge in [0.1, 0.15) is 11.4 Å². The van der Waals surface area contributed by atoms with Crippen LogP contribution in [0.4, 0.5) is 0 Å². The molecule has 3 N–H and O–H groups in total. The topological polar surface area (TPSA) is 78.3 Å². The number of benzene rings is 1. The van der Waals surface area contributed by atoms with E-state index in [1.54, 1.807) is 30.5 Å². The zero-order valence-electron chi connectivity index (χ0n) is 10.7. The lowest BCUT2D eigenvalue weighted by atomic mass is 10.1. The molecule has 0 atom stereocenters. The molecule has 0 unspecified atom stereocenters. The number of hydrogen-bond donors (Lipinski definition) is 3. The van der Waals surface area contributed by atoms with Crippen molar-refractivity contribution in [2.75, 3.05) is 6.54 Å². The highest BCUT2D eigenvalue weighted by Crippen LogP contribution is 2.15. The van der Waals surface area contributed by atoms with Gasteiger partial charge in [0.05, 0.1) is 11.8 Å². The van der Waals surface area contributed by atoms with E-state index in [4.69, 9.17) is 4.42 Å². The fourth-order valence-electron chi connectivity index (χ4n) is 2.05. The van der Waals surface area contributed by atoms with Crippen molar-refractivity contribution in [1.29, 1.82) is 0 Å². The van der Waals surface area contributed by atoms with Gasteiger partial charge in [0.2, 0.25) is 0 Å². The first-order valence-electron chi connectivity index (χ1n) is 6.35. The molecule has 2 heterocycles. The molecule has 3 aromatic rings. The number of carbonyl (C=O) groups is 1. The molecule has 0 aliphatic carbocycles. The Morgan fingerprint density at radius 1 is 1.25 bits per heavy atom. The Morgan fingerprint density at radius 3 is 2.80 bits per heavy atom. The fourth-order valence-corrected chi connectivity index (χ4v) is 2.05. The molecule has 2 aromatic heterocycles. The minimum atomic E-state index is -0.157. The van der Waals surface area contributed by atoms with Crippen LogP contribution in [0, 0.1) is 0 Å². The van der Waals surface area contributed by atoms with Crippen molar-refractivity contribution in [1.82, 2.24) is 10.3 Å². The minimum Gasteiger partial charge on any atom is -0.508 e. The number of aromatic amines is 1. The van der Waals surface area contributed by atoms with Crippen LogP contribution in [0.2, 0.25) is 0 Å². The zero-order chi connectivity index (χ0) is 13.9. The normalized spacial score (nSPS) is 10.8. The van der Waals surface area contributed by atoms with E-state index < -0.39 is 0 Å². The highest BCUT2D eigenvalue weighted by molar-refractivity contribution is 5.96. The second kappa shape index (κ2) is 5.13. The number of phenols is 1. The van der Waals surface area contributed by atoms with Crippen molar-refractivity contribution in [2.45, 2.75) is 6.42 Å². The van der Waals surface area contributed by atoms with E-state index in [1.165, 1.54) is 0 Å². The first-order chi connectivity index (χ1) is 9.72. The van der Waals surface area contributed by atoms with Gasteiger partial charge in [-0.05, 0) is 24.1 Å². The number of rotatable bonds is 4. The van der Waals surface area contributed by atoms with Gasteiger partial charge in [0, 0.05) is 18.7 Å². The summed E-state index contributed by atoms with van der Waals surface area (Å²) in [4.78, 5) is 14.9. The molecule has 0 radical (unpaired) electrons. The van der Waals surface area contributed by atoms with Crippen LogP contribution in [-0.4, -0.2) is 22.5 Å². The second-order valence-corrected chi connectivity index (χ2v) is 4.55. The lowest BCUT2D eigenvalue weighted by Crippen LogP contribution is -2.25. The molecule has 102 valence electrons. The average Bonchev–Trinajstić information content (AvgIpc) is 3.02. The molecule has 0 aliphatic heterocycles. The number of furan rings is 1. The predicted octanol–water partition coefficient (Wildman–Crippen LogP) is 2.44. The summed E-state index contributed by atoms with van der Waals surface area (Å²) in [6, 6.07) is 10.4. The molecule has 0 spiro atoms. The van der Waals surface area contributed by atoms with Gasteiger partial charge >= 0.3 is 0 Å². The first-order valence-corrected chi connectivity index (χ1v) is 6.35. The van der Waals surface area contributed by atoms with Crippen LogP contribution in [0.1, 0.15) is 16.1 Å². The Balaban J connectivity index is 1.56. The van der Waals surface area contributed by atoms with E-state index in [1.807, 2.05) is 12.1 Å². The van der Waals surface area contributed by atoms with Crippen molar-refractivity contribution in [3.8, 4) is 5.75 Å². The third-order valence-corrected chi connectivity index (χ3v) is 3.12. The third kappa shape index (κ3) is 2.51. The Morgan fingerprint density at radius 2 is 2.05 bits per heavy atom. The predicted molar refractivity (Wildman–Crippen MR) is 74.7 cm³/mol. The SMILES string of the molecule is O=C(NCCc1ccc(O)cc1)c1cc2occc2[nH]1. The summed E-state index contributed by atoms with van der Waals surface area (Å²) < 4.78 is 5.20. The summed E-state index contributed by atoms with van der Waals surface area (Å²) in [6.07, 6.45) is 2.29. The second-order valence-electron chi connectivity index (χ2n) is 4.55. The molecule has 0 saturated heterocycles. The maximum atomic E-state index is 11.9. The number of aromatic nitrogens is 1. The molecule has 3 rings (SSSR count). The van der Waals surface area contributed by atoms with Gasteiger partial charge in [-0.1, -0.05) is 12.1 Å². The van der Waals surface area contributed by atoms with E-state index in [9.17, 15) is 9.90 Å². The molecule has 20 heavy (non-hydrogen) atoms. The number of aromatic hydroxyl groups is 1. The van der Waals surface area contributed by atoms with Gasteiger partial charge in [-0.25, -0.2) is 0 Å². The summed E-state index contributed by atoms with van der Waals surface area (Å²) in [6.45, 7) is 0.532. The van der Waals surface area contributed by atoms with Crippen LogP contribution in [-0.2, 0) is 6.42 Å². The molecule has 0 aliphatic rings. The summed E-state index contributed by atoms with van der Waals surface area (Å²) in [5.41, 5.74) is 3.04. The van der Waals surface area contributed by atoms with E-state index in [2.05, 4.69) is 10.3 Å². The molecule has 1 amide bonds. The Bertz CT molecular complexity index is 697. The zero-order valence-corrected chi connectivity index (χ0v) is 10.7. The lowest BCUT2D eigenvalue weighted by Gasteiger charge is -2.04. The summed E-state index contributed by atoms with van der Waals surface area (Å²) in [5, 5.41) is 12.0. The molecule has 1 aromatic carbocycles. The number of amides is 1. The van der Waals surface area contributed by atoms with Crippen molar-refractivity contribution >= 4 is 17.0 Å². The monoisotopic (exact) mass is 270 g/mol. The number of H-pyrrole nitrogens is 1. The van der Waals surface area contributed by atoms with E-state index >= 15 is 0 Å². The number of hydrogen-bond acceptors (Lipinski definition) is 3. The van der Waals surface area contributed by atoms with Crippen molar-refractivity contribution in [3.63, 3.8) is 0 Å².